The number of aromatic nitrogens is 4. The van der Waals surface area contributed by atoms with Crippen LogP contribution in [0, 0.1) is 11.8 Å². The van der Waals surface area contributed by atoms with Gasteiger partial charge in [0.15, 0.2) is 0 Å². The molecule has 2 aliphatic heterocycles. The number of amides is 4. The lowest BCUT2D eigenvalue weighted by Gasteiger charge is -2.30. The van der Waals surface area contributed by atoms with E-state index >= 15 is 0 Å². The van der Waals surface area contributed by atoms with Crippen molar-refractivity contribution >= 4 is 46.1 Å². The number of rotatable bonds is 14. The average Bonchev–Trinajstić information content (AvgIpc) is 4.20. The Hall–Kier alpha value is -6.84. The van der Waals surface area contributed by atoms with E-state index in [0.717, 1.165) is 78.1 Å². The Bertz CT molecular complexity index is 2930. The number of ether oxygens (including phenoxy) is 2. The predicted octanol–water partition coefficient (Wildman–Crippen LogP) is 9.99. The first-order valence-corrected chi connectivity index (χ1v) is 25.1. The van der Waals surface area contributed by atoms with E-state index in [1.54, 1.807) is 9.80 Å². The number of fused-ring (bicyclic) bond motifs is 2. The van der Waals surface area contributed by atoms with Crippen LogP contribution >= 0.6 is 0 Å². The lowest BCUT2D eigenvalue weighted by molar-refractivity contribution is -0.136. The molecule has 12 rings (SSSR count). The van der Waals surface area contributed by atoms with Gasteiger partial charge >= 0.3 is 12.2 Å². The summed E-state index contributed by atoms with van der Waals surface area (Å²) in [5.41, 5.74) is 12.8. The molecule has 0 saturated carbocycles. The molecule has 71 heavy (non-hydrogen) atoms. The van der Waals surface area contributed by atoms with E-state index in [1.165, 1.54) is 33.4 Å². The normalized spacial score (nSPS) is 18.8. The van der Waals surface area contributed by atoms with E-state index in [4.69, 9.17) is 19.4 Å². The third kappa shape index (κ3) is 10.5. The van der Waals surface area contributed by atoms with Gasteiger partial charge in [-0.05, 0) is 131 Å². The summed E-state index contributed by atoms with van der Waals surface area (Å²) < 4.78 is 35.1. The SMILES string of the molecule is CC(C)[C@H](NC(=O)OCCF)C(=O)N1CCC[C@H]1c1nc2cc(-c3cc4ccc3CCc3ccc(c(-c5ccc6[nH]c([C@@H]7CCCN7C(=O)[C@@H](NC(=O)OCCF)C(C)C)nc6c5)c3)C[C@H]4C)ccc2[nH]1. The topological polar surface area (TPSA) is 175 Å². The molecular formula is C55H64F2N8O6. The van der Waals surface area contributed by atoms with Gasteiger partial charge in [-0.2, -0.15) is 0 Å². The molecule has 4 aromatic carbocycles. The number of carbonyl (C=O) groups excluding carboxylic acids is 4. The number of hydrogen-bond acceptors (Lipinski definition) is 8. The van der Waals surface area contributed by atoms with Crippen molar-refractivity contribution in [2.75, 3.05) is 39.7 Å². The van der Waals surface area contributed by atoms with Gasteiger partial charge in [0.25, 0.3) is 0 Å². The largest absolute Gasteiger partial charge is 0.447 e. The van der Waals surface area contributed by atoms with Crippen molar-refractivity contribution in [1.82, 2.24) is 40.4 Å². The molecule has 0 radical (unpaired) electrons. The smallest absolute Gasteiger partial charge is 0.407 e. The number of alkyl halides is 2. The summed E-state index contributed by atoms with van der Waals surface area (Å²) in [5.74, 6) is 0.748. The maximum Gasteiger partial charge on any atom is 0.407 e. The first-order chi connectivity index (χ1) is 34.3. The standard InChI is InChI=1S/C55H64F2N8O6/c1-31(2)48(62-54(68)70-24-20-56)52(66)64-22-6-8-46(64)50-58-42-18-16-38(29-44(42)60-50)40-27-34-10-12-35-14-15-36(33(5)26-37(40)13-11-34)28-41(35)39-17-19-43-45(30-39)61-51(59-43)47-9-7-23-65(47)53(67)49(32(3)4)63-55(69)71-25-21-57/h11,13-19,27-33,46-49H,6-10,12,20-26H2,1-5H3,(H,58,60)(H,59,61)(H,62,68)(H,63,69)/t33-,46+,47+,48+,49+/m1/s1. The molecule has 16 heteroatoms. The van der Waals surface area contributed by atoms with Crippen LogP contribution in [0.1, 0.15) is 112 Å². The van der Waals surface area contributed by atoms with E-state index in [2.05, 4.69) is 100 Å². The highest BCUT2D eigenvalue weighted by molar-refractivity contribution is 5.89. The minimum atomic E-state index is -0.822. The number of carbonyl (C=O) groups is 4. The first-order valence-electron chi connectivity index (χ1n) is 25.1. The number of halogens is 2. The van der Waals surface area contributed by atoms with Crippen LogP contribution in [0.4, 0.5) is 18.4 Å². The number of nitrogens with one attached hydrogen (secondary N) is 4. The summed E-state index contributed by atoms with van der Waals surface area (Å²) in [4.78, 5) is 73.3. The molecule has 2 aromatic heterocycles. The second kappa shape index (κ2) is 21.3. The first kappa shape index (κ1) is 49.2. The molecule has 2 fully saturated rings. The van der Waals surface area contributed by atoms with Crippen molar-refractivity contribution in [2.24, 2.45) is 11.8 Å². The lowest BCUT2D eigenvalue weighted by atomic mass is 9.84. The number of aryl methyl sites for hydroxylation is 2. The van der Waals surface area contributed by atoms with Gasteiger partial charge in [-0.25, -0.2) is 28.3 Å². The fraction of sp³-hybridized carbons (Fsp3) is 0.455. The van der Waals surface area contributed by atoms with Crippen LogP contribution in [0.15, 0.2) is 72.8 Å². The Morgan fingerprint density at radius 3 is 1.68 bits per heavy atom. The number of imidazole rings is 2. The van der Waals surface area contributed by atoms with Gasteiger partial charge in [0.1, 0.15) is 50.3 Å². The molecule has 4 heterocycles. The van der Waals surface area contributed by atoms with Gasteiger partial charge in [0.05, 0.1) is 34.2 Å². The summed E-state index contributed by atoms with van der Waals surface area (Å²) in [5, 5.41) is 5.31. The average molecular weight is 971 g/mol. The summed E-state index contributed by atoms with van der Waals surface area (Å²) in [6.07, 6.45) is 3.90. The molecular weight excluding hydrogens is 907 g/mol. The molecule has 6 aromatic rings. The van der Waals surface area contributed by atoms with Crippen molar-refractivity contribution < 1.29 is 37.4 Å². The van der Waals surface area contributed by atoms with Crippen LogP contribution in [0.2, 0.25) is 0 Å². The molecule has 5 atom stereocenters. The number of benzene rings is 4. The summed E-state index contributed by atoms with van der Waals surface area (Å²) in [7, 11) is 0. The molecule has 0 unspecified atom stereocenters. The maximum absolute atomic E-state index is 13.9. The lowest BCUT2D eigenvalue weighted by Crippen LogP contribution is -2.51. The highest BCUT2D eigenvalue weighted by Crippen LogP contribution is 2.39. The Kier molecular flexibility index (Phi) is 14.7. The molecule has 4 bridgehead atoms. The van der Waals surface area contributed by atoms with Gasteiger partial charge in [0.2, 0.25) is 11.8 Å². The third-order valence-electron chi connectivity index (χ3n) is 14.4. The zero-order valence-electron chi connectivity index (χ0n) is 41.2. The van der Waals surface area contributed by atoms with Crippen LogP contribution in [-0.2, 0) is 38.3 Å². The molecule has 6 aliphatic rings. The van der Waals surface area contributed by atoms with Crippen molar-refractivity contribution in [2.45, 2.75) is 110 Å². The zero-order chi connectivity index (χ0) is 49.9. The van der Waals surface area contributed by atoms with Gasteiger partial charge in [-0.3, -0.25) is 9.59 Å². The number of hydrogen-bond donors (Lipinski definition) is 4. The van der Waals surface area contributed by atoms with Gasteiger partial charge in [-0.15, -0.1) is 0 Å². The summed E-state index contributed by atoms with van der Waals surface area (Å²) in [6, 6.07) is 24.2. The van der Waals surface area contributed by atoms with Gasteiger partial charge < -0.3 is 39.9 Å². The van der Waals surface area contributed by atoms with Crippen molar-refractivity contribution in [3.05, 3.63) is 107 Å². The minimum Gasteiger partial charge on any atom is -0.447 e. The van der Waals surface area contributed by atoms with Gasteiger partial charge in [0, 0.05) is 13.1 Å². The molecule has 14 nitrogen and oxygen atoms in total. The quantitative estimate of drug-likeness (QED) is 0.0835. The number of nitrogens with zero attached hydrogens (tertiary/aromatic N) is 4. The van der Waals surface area contributed by atoms with E-state index in [-0.39, 0.29) is 54.9 Å². The summed E-state index contributed by atoms with van der Waals surface area (Å²) >= 11 is 0. The number of aromatic amines is 2. The van der Waals surface area contributed by atoms with E-state index in [9.17, 15) is 28.0 Å². The molecule has 2 saturated heterocycles. The molecule has 4 aliphatic carbocycles. The number of likely N-dealkylation sites (tertiary alicyclic amines) is 2. The Morgan fingerprint density at radius 1 is 0.662 bits per heavy atom. The third-order valence-corrected chi connectivity index (χ3v) is 14.4. The maximum atomic E-state index is 13.9. The van der Waals surface area contributed by atoms with Crippen molar-refractivity contribution in [3.8, 4) is 22.3 Å². The van der Waals surface area contributed by atoms with Crippen LogP contribution < -0.4 is 10.6 Å². The fourth-order valence-corrected chi connectivity index (χ4v) is 10.7. The monoisotopic (exact) mass is 970 g/mol. The Labute approximate surface area is 412 Å². The molecule has 4 N–H and O–H groups in total. The van der Waals surface area contributed by atoms with E-state index in [0.29, 0.717) is 24.7 Å². The Balaban J connectivity index is 0.936. The molecule has 374 valence electrons. The van der Waals surface area contributed by atoms with Crippen molar-refractivity contribution in [1.29, 1.82) is 0 Å². The van der Waals surface area contributed by atoms with Crippen LogP contribution in [-0.4, -0.2) is 105 Å². The highest BCUT2D eigenvalue weighted by Gasteiger charge is 2.39. The van der Waals surface area contributed by atoms with Crippen molar-refractivity contribution in [3.63, 3.8) is 0 Å². The summed E-state index contributed by atoms with van der Waals surface area (Å²) in [6.45, 7) is 8.46. The minimum absolute atomic E-state index is 0.189. The molecule has 0 spiro atoms. The van der Waals surface area contributed by atoms with Crippen LogP contribution in [0.5, 0.6) is 0 Å². The van der Waals surface area contributed by atoms with Gasteiger partial charge in [-0.1, -0.05) is 83.1 Å². The van der Waals surface area contributed by atoms with E-state index < -0.39 is 37.6 Å². The number of H-pyrrole nitrogens is 2. The number of alkyl carbamates (subject to hydrolysis) is 2. The fourth-order valence-electron chi connectivity index (χ4n) is 10.7. The second-order valence-corrected chi connectivity index (χ2v) is 20.0. The Morgan fingerprint density at radius 2 is 1.17 bits per heavy atom. The van der Waals surface area contributed by atoms with E-state index in [1.807, 2.05) is 27.7 Å². The van der Waals surface area contributed by atoms with Crippen LogP contribution in [0.3, 0.4) is 0 Å². The second-order valence-electron chi connectivity index (χ2n) is 20.0. The highest BCUT2D eigenvalue weighted by atomic mass is 19.1. The predicted molar refractivity (Wildman–Crippen MR) is 268 cm³/mol. The van der Waals surface area contributed by atoms with Crippen LogP contribution in [0.25, 0.3) is 44.3 Å². The molecule has 4 amide bonds. The zero-order valence-corrected chi connectivity index (χ0v) is 41.2.